The summed E-state index contributed by atoms with van der Waals surface area (Å²) in [5.74, 6) is -5.83. The summed E-state index contributed by atoms with van der Waals surface area (Å²) in [6.07, 6.45) is 0.0439. The lowest BCUT2D eigenvalue weighted by Crippen LogP contribution is -2.61. The number of morpholine rings is 1. The van der Waals surface area contributed by atoms with E-state index in [-0.39, 0.29) is 43.0 Å². The zero-order chi connectivity index (χ0) is 28.7. The van der Waals surface area contributed by atoms with E-state index < -0.39 is 34.8 Å². The predicted molar refractivity (Wildman–Crippen MR) is 144 cm³/mol. The van der Waals surface area contributed by atoms with Gasteiger partial charge in [0.25, 0.3) is 0 Å². The van der Waals surface area contributed by atoms with E-state index in [0.29, 0.717) is 43.1 Å². The number of amides is 2. The summed E-state index contributed by atoms with van der Waals surface area (Å²) in [5.41, 5.74) is -0.970. The number of esters is 1. The number of anilines is 1. The zero-order valence-corrected chi connectivity index (χ0v) is 22.9. The van der Waals surface area contributed by atoms with Gasteiger partial charge in [-0.1, -0.05) is 18.2 Å². The third kappa shape index (κ3) is 5.41. The van der Waals surface area contributed by atoms with Crippen LogP contribution >= 0.6 is 0 Å². The van der Waals surface area contributed by atoms with E-state index in [9.17, 15) is 14.4 Å². The first-order chi connectivity index (χ1) is 18.9. The molecule has 2 fully saturated rings. The fraction of sp³-hybridized carbons (Fsp3) is 0.500. The van der Waals surface area contributed by atoms with E-state index in [4.69, 9.17) is 14.2 Å². The van der Waals surface area contributed by atoms with Crippen LogP contribution in [0.4, 0.5) is 19.3 Å². The summed E-state index contributed by atoms with van der Waals surface area (Å²) in [6.45, 7) is 7.32. The van der Waals surface area contributed by atoms with E-state index in [2.05, 4.69) is 5.32 Å². The second kappa shape index (κ2) is 10.5. The first-order valence-corrected chi connectivity index (χ1v) is 13.6. The van der Waals surface area contributed by atoms with Crippen molar-refractivity contribution in [3.05, 3.63) is 48.0 Å². The molecule has 1 N–H and O–H groups in total. The third-order valence-corrected chi connectivity index (χ3v) is 7.69. The van der Waals surface area contributed by atoms with Crippen molar-refractivity contribution in [2.24, 2.45) is 5.92 Å². The van der Waals surface area contributed by atoms with Crippen LogP contribution in [0.5, 0.6) is 5.75 Å². The highest BCUT2D eigenvalue weighted by Gasteiger charge is 2.65. The largest absolute Gasteiger partial charge is 0.480 e. The quantitative estimate of drug-likeness (QED) is 0.488. The van der Waals surface area contributed by atoms with Gasteiger partial charge in [-0.15, -0.1) is 0 Å². The molecule has 0 atom stereocenters. The number of carbonyl (C=O) groups is 3. The number of nitrogens with one attached hydrogen (secondary N) is 1. The van der Waals surface area contributed by atoms with Gasteiger partial charge >= 0.3 is 17.9 Å². The Labute approximate surface area is 232 Å². The Hall–Kier alpha value is -3.53. The summed E-state index contributed by atoms with van der Waals surface area (Å²) in [5, 5.41) is 2.84. The molecule has 5 rings (SSSR count). The number of nitrogens with zero attached hydrogens (tertiary/aromatic N) is 1. The van der Waals surface area contributed by atoms with E-state index in [1.54, 1.807) is 62.1 Å². The Morgan fingerprint density at radius 1 is 1.00 bits per heavy atom. The Kier molecular flexibility index (Phi) is 7.33. The molecule has 2 aromatic carbocycles. The molecule has 10 heteroatoms. The van der Waals surface area contributed by atoms with Crippen LogP contribution < -0.4 is 10.1 Å². The van der Waals surface area contributed by atoms with Gasteiger partial charge in [0.2, 0.25) is 5.78 Å². The molecule has 0 unspecified atom stereocenters. The Bertz CT molecular complexity index is 1290. The average Bonchev–Trinajstić information content (AvgIpc) is 2.92. The molecular formula is C30H34F2N2O6. The molecule has 2 amide bonds. The van der Waals surface area contributed by atoms with Crippen LogP contribution in [0, 0.1) is 5.92 Å². The first kappa shape index (κ1) is 28.0. The number of ketones is 1. The maximum atomic E-state index is 15.6. The SMILES string of the molecule is CC(C)(C)OC(=O)C1CCC2(CC1)Oc1ccc(-c3ccc(NC(=O)N4CCOCC4)cc3)cc1C(=O)C2(F)F. The fourth-order valence-corrected chi connectivity index (χ4v) is 5.46. The number of rotatable bonds is 3. The van der Waals surface area contributed by atoms with Crippen LogP contribution in [0.2, 0.25) is 0 Å². The molecule has 2 heterocycles. The van der Waals surface area contributed by atoms with Gasteiger partial charge in [0, 0.05) is 18.8 Å². The molecule has 8 nitrogen and oxygen atoms in total. The van der Waals surface area contributed by atoms with Gasteiger partial charge in [0.1, 0.15) is 11.4 Å². The molecule has 0 radical (unpaired) electrons. The van der Waals surface area contributed by atoms with Crippen molar-refractivity contribution < 1.29 is 37.4 Å². The van der Waals surface area contributed by atoms with Gasteiger partial charge in [-0.3, -0.25) is 9.59 Å². The van der Waals surface area contributed by atoms with Crippen molar-refractivity contribution >= 4 is 23.5 Å². The van der Waals surface area contributed by atoms with Crippen LogP contribution in [0.25, 0.3) is 11.1 Å². The van der Waals surface area contributed by atoms with Gasteiger partial charge in [-0.05, 0) is 81.8 Å². The maximum absolute atomic E-state index is 15.6. The number of halogens is 2. The first-order valence-electron chi connectivity index (χ1n) is 13.6. The highest BCUT2D eigenvalue weighted by atomic mass is 19.3. The number of Topliss-reactive ketones (excluding diaryl/α,β-unsaturated/α-hetero) is 1. The number of alkyl halides is 2. The zero-order valence-electron chi connectivity index (χ0n) is 22.9. The maximum Gasteiger partial charge on any atom is 0.348 e. The standard InChI is InChI=1S/C30H34F2N2O6/c1-28(2,3)40-26(36)20-10-12-29(13-11-20)30(31,32)25(35)23-18-21(6-9-24(23)39-29)19-4-7-22(8-5-19)33-27(37)34-14-16-38-17-15-34/h4-9,18,20H,10-17H2,1-3H3,(H,33,37). The number of fused-ring (bicyclic) bond motifs is 1. The van der Waals surface area contributed by atoms with Gasteiger partial charge < -0.3 is 24.4 Å². The van der Waals surface area contributed by atoms with Crippen molar-refractivity contribution in [2.45, 2.75) is 63.6 Å². The predicted octanol–water partition coefficient (Wildman–Crippen LogP) is 5.70. The molecule has 1 aliphatic carbocycles. The highest BCUT2D eigenvalue weighted by Crippen LogP contribution is 2.51. The van der Waals surface area contributed by atoms with Gasteiger partial charge in [0.05, 0.1) is 24.7 Å². The number of urea groups is 1. The Balaban J connectivity index is 1.30. The molecule has 2 aromatic rings. The van der Waals surface area contributed by atoms with Gasteiger partial charge in [-0.2, -0.15) is 8.78 Å². The van der Waals surface area contributed by atoms with Gasteiger partial charge in [-0.25, -0.2) is 4.79 Å². The number of hydrogen-bond acceptors (Lipinski definition) is 6. The molecule has 0 bridgehead atoms. The molecule has 214 valence electrons. The fourth-order valence-electron chi connectivity index (χ4n) is 5.46. The molecule has 2 aliphatic heterocycles. The number of ether oxygens (including phenoxy) is 3. The summed E-state index contributed by atoms with van der Waals surface area (Å²) in [4.78, 5) is 39.7. The van der Waals surface area contributed by atoms with Gasteiger partial charge in [0.15, 0.2) is 5.60 Å². The second-order valence-corrected chi connectivity index (χ2v) is 11.6. The lowest BCUT2D eigenvalue weighted by molar-refractivity contribution is -0.176. The summed E-state index contributed by atoms with van der Waals surface area (Å²) in [6, 6.07) is 11.4. The highest BCUT2D eigenvalue weighted by molar-refractivity contribution is 6.06. The number of carbonyl (C=O) groups excluding carboxylic acids is 3. The van der Waals surface area contributed by atoms with Crippen LogP contribution in [0.3, 0.4) is 0 Å². The van der Waals surface area contributed by atoms with E-state index in [1.807, 2.05) is 0 Å². The molecule has 40 heavy (non-hydrogen) atoms. The topological polar surface area (TPSA) is 94.2 Å². The van der Waals surface area contributed by atoms with Crippen molar-refractivity contribution in [3.8, 4) is 16.9 Å². The van der Waals surface area contributed by atoms with E-state index in [0.717, 1.165) is 0 Å². The molecule has 3 aliphatic rings. The van der Waals surface area contributed by atoms with Crippen LogP contribution in [-0.4, -0.2) is 66.1 Å². The monoisotopic (exact) mass is 556 g/mol. The molecule has 0 aromatic heterocycles. The lowest BCUT2D eigenvalue weighted by atomic mass is 9.72. The van der Waals surface area contributed by atoms with Crippen LogP contribution in [0.15, 0.2) is 42.5 Å². The summed E-state index contributed by atoms with van der Waals surface area (Å²) in [7, 11) is 0. The normalized spacial score (nSPS) is 24.2. The van der Waals surface area contributed by atoms with Crippen LogP contribution in [-0.2, 0) is 14.3 Å². The summed E-state index contributed by atoms with van der Waals surface area (Å²) >= 11 is 0. The smallest absolute Gasteiger partial charge is 0.348 e. The van der Waals surface area contributed by atoms with Crippen molar-refractivity contribution in [3.63, 3.8) is 0 Å². The molecule has 1 saturated carbocycles. The van der Waals surface area contributed by atoms with Crippen LogP contribution in [0.1, 0.15) is 56.8 Å². The minimum absolute atomic E-state index is 0.116. The Morgan fingerprint density at radius 3 is 2.25 bits per heavy atom. The van der Waals surface area contributed by atoms with Crippen molar-refractivity contribution in [2.75, 3.05) is 31.6 Å². The third-order valence-electron chi connectivity index (χ3n) is 7.69. The Morgan fingerprint density at radius 2 is 1.62 bits per heavy atom. The number of benzene rings is 2. The second-order valence-electron chi connectivity index (χ2n) is 11.6. The lowest BCUT2D eigenvalue weighted by Gasteiger charge is -2.46. The average molecular weight is 557 g/mol. The van der Waals surface area contributed by atoms with Crippen molar-refractivity contribution in [1.82, 2.24) is 4.90 Å². The minimum atomic E-state index is -3.74. The van der Waals surface area contributed by atoms with E-state index >= 15 is 8.78 Å². The summed E-state index contributed by atoms with van der Waals surface area (Å²) < 4.78 is 47.9. The van der Waals surface area contributed by atoms with Crippen molar-refractivity contribution in [1.29, 1.82) is 0 Å². The number of hydrogen-bond donors (Lipinski definition) is 1. The molecule has 1 spiro atoms. The molecule has 1 saturated heterocycles. The minimum Gasteiger partial charge on any atom is -0.480 e. The molecular weight excluding hydrogens is 522 g/mol. The van der Waals surface area contributed by atoms with E-state index in [1.165, 1.54) is 6.07 Å².